The molecule has 29 heavy (non-hydrogen) atoms. The van der Waals surface area contributed by atoms with Crippen molar-refractivity contribution < 1.29 is 13.6 Å². The highest BCUT2D eigenvalue weighted by Crippen LogP contribution is 2.32. The molecule has 1 aromatic carbocycles. The summed E-state index contributed by atoms with van der Waals surface area (Å²) in [4.78, 5) is 24.8. The number of nitrogens with zero attached hydrogens (tertiary/aromatic N) is 1. The van der Waals surface area contributed by atoms with Gasteiger partial charge in [0, 0.05) is 53.8 Å². The van der Waals surface area contributed by atoms with E-state index < -0.39 is 0 Å². The van der Waals surface area contributed by atoms with Crippen LogP contribution in [-0.4, -0.2) is 17.0 Å². The van der Waals surface area contributed by atoms with Crippen molar-refractivity contribution >= 4 is 27.8 Å². The molecule has 0 bridgehead atoms. The van der Waals surface area contributed by atoms with Gasteiger partial charge < -0.3 is 18.7 Å². The highest BCUT2D eigenvalue weighted by molar-refractivity contribution is 5.99. The number of furan rings is 1. The topological polar surface area (TPSA) is 77.4 Å². The molecule has 0 unspecified atom stereocenters. The van der Waals surface area contributed by atoms with E-state index in [0.29, 0.717) is 24.1 Å². The van der Waals surface area contributed by atoms with Crippen molar-refractivity contribution in [3.05, 3.63) is 69.5 Å². The van der Waals surface area contributed by atoms with Gasteiger partial charge in [0.05, 0.1) is 6.26 Å². The number of rotatable bonds is 6. The molecule has 0 radical (unpaired) electrons. The number of fused-ring (bicyclic) bond motifs is 2. The second-order valence-corrected chi connectivity index (χ2v) is 7.44. The summed E-state index contributed by atoms with van der Waals surface area (Å²) in [5.74, 6) is -0.0756. The molecule has 1 N–H and O–H groups in total. The highest BCUT2D eigenvalue weighted by atomic mass is 16.4. The van der Waals surface area contributed by atoms with Crippen molar-refractivity contribution in [2.45, 2.75) is 40.2 Å². The second-order valence-electron chi connectivity index (χ2n) is 7.44. The molecule has 0 saturated heterocycles. The predicted octanol–water partition coefficient (Wildman–Crippen LogP) is 4.01. The molecule has 0 spiro atoms. The number of nitrogens with one attached hydrogen (secondary N) is 1. The second kappa shape index (κ2) is 7.62. The summed E-state index contributed by atoms with van der Waals surface area (Å²) in [6.45, 7) is 7.07. The monoisotopic (exact) mass is 392 g/mol. The minimum Gasteiger partial charge on any atom is -0.464 e. The average Bonchev–Trinajstić information content (AvgIpc) is 3.33. The van der Waals surface area contributed by atoms with Crippen molar-refractivity contribution in [2.24, 2.45) is 0 Å². The lowest BCUT2D eigenvalue weighted by Crippen LogP contribution is -2.27. The van der Waals surface area contributed by atoms with E-state index in [1.54, 1.807) is 6.26 Å². The van der Waals surface area contributed by atoms with Crippen LogP contribution in [0, 0.1) is 20.8 Å². The van der Waals surface area contributed by atoms with Gasteiger partial charge >= 0.3 is 5.63 Å². The molecule has 0 fully saturated rings. The number of aryl methyl sites for hydroxylation is 3. The molecule has 6 heteroatoms. The highest BCUT2D eigenvalue weighted by Gasteiger charge is 2.18. The summed E-state index contributed by atoms with van der Waals surface area (Å²) >= 11 is 0. The van der Waals surface area contributed by atoms with Crippen LogP contribution < -0.4 is 10.9 Å². The summed E-state index contributed by atoms with van der Waals surface area (Å²) in [6.07, 6.45) is 6.21. The maximum atomic E-state index is 12.6. The first-order valence-electron chi connectivity index (χ1n) is 9.77. The lowest BCUT2D eigenvalue weighted by Gasteiger charge is -2.10. The van der Waals surface area contributed by atoms with Gasteiger partial charge in [0.2, 0.25) is 5.91 Å². The Balaban J connectivity index is 1.54. The van der Waals surface area contributed by atoms with E-state index in [4.69, 9.17) is 8.83 Å². The molecule has 150 valence electrons. The van der Waals surface area contributed by atoms with Crippen molar-refractivity contribution in [1.29, 1.82) is 0 Å². The fourth-order valence-electron chi connectivity index (χ4n) is 3.78. The summed E-state index contributed by atoms with van der Waals surface area (Å²) in [5, 5.41) is 4.81. The SMILES string of the molecule is Cc1coc2c(C)c3oc(=O)c(CCC(=O)NCCn4cccc4)c(C)c3cc12. The van der Waals surface area contributed by atoms with Gasteiger partial charge in [0.15, 0.2) is 0 Å². The van der Waals surface area contributed by atoms with Crippen LogP contribution in [0.25, 0.3) is 21.9 Å². The molecule has 3 aromatic heterocycles. The zero-order chi connectivity index (χ0) is 20.5. The van der Waals surface area contributed by atoms with Gasteiger partial charge in [0.1, 0.15) is 11.2 Å². The van der Waals surface area contributed by atoms with E-state index in [1.807, 2.05) is 55.9 Å². The molecular formula is C23H24N2O4. The summed E-state index contributed by atoms with van der Waals surface area (Å²) in [6, 6.07) is 5.91. The van der Waals surface area contributed by atoms with Gasteiger partial charge in [-0.2, -0.15) is 0 Å². The zero-order valence-corrected chi connectivity index (χ0v) is 16.9. The molecule has 0 aliphatic carbocycles. The molecule has 0 aliphatic heterocycles. The minimum absolute atomic E-state index is 0.0756. The largest absolute Gasteiger partial charge is 0.464 e. The normalized spacial score (nSPS) is 11.4. The first-order valence-corrected chi connectivity index (χ1v) is 9.77. The van der Waals surface area contributed by atoms with Crippen LogP contribution in [0.2, 0.25) is 0 Å². The maximum absolute atomic E-state index is 12.6. The van der Waals surface area contributed by atoms with Gasteiger partial charge in [-0.25, -0.2) is 4.79 Å². The van der Waals surface area contributed by atoms with Gasteiger partial charge in [-0.15, -0.1) is 0 Å². The van der Waals surface area contributed by atoms with E-state index >= 15 is 0 Å². The van der Waals surface area contributed by atoms with Crippen molar-refractivity contribution in [2.75, 3.05) is 6.54 Å². The number of aromatic nitrogens is 1. The van der Waals surface area contributed by atoms with Crippen LogP contribution in [0.1, 0.15) is 28.7 Å². The third-order valence-electron chi connectivity index (χ3n) is 5.50. The minimum atomic E-state index is -0.388. The molecule has 4 rings (SSSR count). The van der Waals surface area contributed by atoms with Gasteiger partial charge in [-0.05, 0) is 56.5 Å². The Kier molecular flexibility index (Phi) is 5.01. The summed E-state index contributed by atoms with van der Waals surface area (Å²) in [7, 11) is 0. The standard InChI is InChI=1S/C23H24N2O4/c1-14-13-28-21-16(3)22-19(12-18(14)21)15(2)17(23(27)29-22)6-7-20(26)24-8-11-25-9-4-5-10-25/h4-5,9-10,12-13H,6-8,11H2,1-3H3,(H,24,26). The van der Waals surface area contributed by atoms with Crippen LogP contribution in [-0.2, 0) is 17.8 Å². The molecule has 0 aliphatic rings. The summed E-state index contributed by atoms with van der Waals surface area (Å²) in [5.41, 5.74) is 4.18. The van der Waals surface area contributed by atoms with Gasteiger partial charge in [-0.3, -0.25) is 4.79 Å². The number of benzene rings is 1. The quantitative estimate of drug-likeness (QED) is 0.503. The number of hydrogen-bond donors (Lipinski definition) is 1. The Labute approximate surface area is 168 Å². The Morgan fingerprint density at radius 3 is 2.59 bits per heavy atom. The molecule has 0 atom stereocenters. The number of carbonyl (C=O) groups is 1. The number of carbonyl (C=O) groups excluding carboxylic acids is 1. The van der Waals surface area contributed by atoms with Crippen molar-refractivity contribution in [1.82, 2.24) is 9.88 Å². The number of amides is 1. The van der Waals surface area contributed by atoms with E-state index in [2.05, 4.69) is 5.32 Å². The van der Waals surface area contributed by atoms with E-state index in [-0.39, 0.29) is 18.0 Å². The van der Waals surface area contributed by atoms with Gasteiger partial charge in [0.25, 0.3) is 0 Å². The van der Waals surface area contributed by atoms with E-state index in [1.165, 1.54) is 0 Å². The van der Waals surface area contributed by atoms with E-state index in [9.17, 15) is 9.59 Å². The van der Waals surface area contributed by atoms with Crippen LogP contribution >= 0.6 is 0 Å². The molecular weight excluding hydrogens is 368 g/mol. The Morgan fingerprint density at radius 2 is 1.83 bits per heavy atom. The molecule has 6 nitrogen and oxygen atoms in total. The van der Waals surface area contributed by atoms with Crippen LogP contribution in [0.15, 0.2) is 50.5 Å². The maximum Gasteiger partial charge on any atom is 0.339 e. The Bertz CT molecular complexity index is 1250. The van der Waals surface area contributed by atoms with Crippen LogP contribution in [0.5, 0.6) is 0 Å². The lowest BCUT2D eigenvalue weighted by molar-refractivity contribution is -0.121. The van der Waals surface area contributed by atoms with Crippen molar-refractivity contribution in [3.63, 3.8) is 0 Å². The molecule has 3 heterocycles. The zero-order valence-electron chi connectivity index (χ0n) is 16.9. The first kappa shape index (κ1) is 19.1. The van der Waals surface area contributed by atoms with Crippen LogP contribution in [0.3, 0.4) is 0 Å². The molecule has 0 saturated carbocycles. The molecule has 4 aromatic rings. The first-order chi connectivity index (χ1) is 14.0. The predicted molar refractivity (Wildman–Crippen MR) is 112 cm³/mol. The fraction of sp³-hybridized carbons (Fsp3) is 0.304. The van der Waals surface area contributed by atoms with Crippen LogP contribution in [0.4, 0.5) is 0 Å². The third kappa shape index (κ3) is 3.58. The lowest BCUT2D eigenvalue weighted by atomic mass is 9.98. The Hall–Kier alpha value is -3.28. The smallest absolute Gasteiger partial charge is 0.339 e. The van der Waals surface area contributed by atoms with E-state index in [0.717, 1.165) is 39.6 Å². The number of hydrogen-bond acceptors (Lipinski definition) is 4. The molecule has 1 amide bonds. The summed E-state index contributed by atoms with van der Waals surface area (Å²) < 4.78 is 13.3. The fourth-order valence-corrected chi connectivity index (χ4v) is 3.78. The van der Waals surface area contributed by atoms with Gasteiger partial charge in [-0.1, -0.05) is 0 Å². The average molecular weight is 392 g/mol. The van der Waals surface area contributed by atoms with Crippen molar-refractivity contribution in [3.8, 4) is 0 Å². The Morgan fingerprint density at radius 1 is 1.07 bits per heavy atom. The third-order valence-corrected chi connectivity index (χ3v) is 5.50.